The molecule has 1 N–H and O–H groups in total. The van der Waals surface area contributed by atoms with E-state index in [-0.39, 0.29) is 0 Å². The minimum absolute atomic E-state index is 0.633. The summed E-state index contributed by atoms with van der Waals surface area (Å²) < 4.78 is 0. The maximum absolute atomic E-state index is 6.37. The van der Waals surface area contributed by atoms with Gasteiger partial charge >= 0.3 is 0 Å². The molecule has 41 valence electrons. The summed E-state index contributed by atoms with van der Waals surface area (Å²) in [6.45, 7) is 4.20. The Labute approximate surface area is 44.4 Å². The molecule has 0 fully saturated rings. The van der Waals surface area contributed by atoms with Crippen LogP contribution in [0.2, 0.25) is 0 Å². The second-order valence-electron chi connectivity index (χ2n) is 1.94. The van der Waals surface area contributed by atoms with Crippen molar-refractivity contribution in [3.05, 3.63) is 0 Å². The minimum atomic E-state index is 0.633. The molecule has 2 heteroatoms. The molecule has 0 heterocycles. The Hall–Kier alpha value is -0.530. The van der Waals surface area contributed by atoms with Crippen LogP contribution in [0.25, 0.3) is 0 Å². The molecule has 0 rings (SSSR count). The van der Waals surface area contributed by atoms with Crippen molar-refractivity contribution >= 4 is 6.21 Å². The van der Waals surface area contributed by atoms with Gasteiger partial charge in [-0.25, -0.2) is 5.84 Å². The van der Waals surface area contributed by atoms with E-state index in [9.17, 15) is 0 Å². The molecule has 0 aliphatic carbocycles. The second-order valence-corrected chi connectivity index (χ2v) is 1.94. The first-order chi connectivity index (χ1) is 3.27. The molecule has 2 nitrogen and oxygen atoms in total. The van der Waals surface area contributed by atoms with E-state index in [1.54, 1.807) is 6.21 Å². The van der Waals surface area contributed by atoms with Crippen LogP contribution >= 0.6 is 0 Å². The van der Waals surface area contributed by atoms with Gasteiger partial charge in [0.2, 0.25) is 0 Å². The number of rotatable bonds is 2. The van der Waals surface area contributed by atoms with Crippen molar-refractivity contribution in [1.82, 2.24) is 5.84 Å². The van der Waals surface area contributed by atoms with E-state index in [1.807, 2.05) is 0 Å². The predicted molar refractivity (Wildman–Crippen MR) is 31.0 cm³/mol. The first kappa shape index (κ1) is 6.47. The van der Waals surface area contributed by atoms with Crippen molar-refractivity contribution in [1.29, 1.82) is 0 Å². The maximum Gasteiger partial charge on any atom is 0.0265 e. The molecule has 0 unspecified atom stereocenters. The molecule has 0 aromatic carbocycles. The Bertz CT molecular complexity index is 57.1. The predicted octanol–water partition coefficient (Wildman–Crippen LogP) is 1.30. The van der Waals surface area contributed by atoms with Crippen molar-refractivity contribution in [3.8, 4) is 0 Å². The number of nitrogens with zero attached hydrogens (tertiary/aromatic N) is 1. The summed E-state index contributed by atoms with van der Waals surface area (Å²) in [5.74, 6) is 7.00. The number of hydrogen-bond acceptors (Lipinski definition) is 1. The van der Waals surface area contributed by atoms with Gasteiger partial charge in [0, 0.05) is 6.21 Å². The van der Waals surface area contributed by atoms with Crippen LogP contribution in [0, 0.1) is 5.92 Å². The highest BCUT2D eigenvalue weighted by Gasteiger charge is 1.85. The van der Waals surface area contributed by atoms with Crippen molar-refractivity contribution < 1.29 is 0 Å². The molecular formula is C5H11N2. The Kier molecular flexibility index (Phi) is 3.38. The van der Waals surface area contributed by atoms with E-state index < -0.39 is 0 Å². The van der Waals surface area contributed by atoms with Crippen LogP contribution in [0.15, 0.2) is 5.10 Å². The largest absolute Gasteiger partial charge is 0.205 e. The quantitative estimate of drug-likeness (QED) is 0.369. The normalized spacial score (nSPS) is 11.3. The van der Waals surface area contributed by atoms with E-state index in [0.717, 1.165) is 6.42 Å². The van der Waals surface area contributed by atoms with E-state index in [4.69, 9.17) is 5.84 Å². The zero-order valence-electron chi connectivity index (χ0n) is 4.81. The molecule has 0 aromatic rings. The van der Waals surface area contributed by atoms with Gasteiger partial charge in [-0.2, -0.15) is 5.10 Å². The zero-order valence-corrected chi connectivity index (χ0v) is 4.81. The lowest BCUT2D eigenvalue weighted by Gasteiger charge is -1.92. The highest BCUT2D eigenvalue weighted by molar-refractivity contribution is 5.56. The topological polar surface area (TPSA) is 36.2 Å². The summed E-state index contributed by atoms with van der Waals surface area (Å²) >= 11 is 0. The minimum Gasteiger partial charge on any atom is -0.205 e. The molecule has 0 amide bonds. The monoisotopic (exact) mass is 99.1 g/mol. The third kappa shape index (κ3) is 5.47. The Balaban J connectivity index is 2.97. The van der Waals surface area contributed by atoms with E-state index >= 15 is 0 Å². The highest BCUT2D eigenvalue weighted by atomic mass is 15.1. The van der Waals surface area contributed by atoms with Crippen molar-refractivity contribution in [2.45, 2.75) is 20.3 Å². The molecule has 0 atom stereocenters. The molecule has 1 radical (unpaired) electrons. The van der Waals surface area contributed by atoms with Gasteiger partial charge < -0.3 is 0 Å². The third-order valence-electron chi connectivity index (χ3n) is 0.668. The smallest absolute Gasteiger partial charge is 0.0265 e. The highest BCUT2D eigenvalue weighted by Crippen LogP contribution is 1.93. The second kappa shape index (κ2) is 3.65. The Morgan fingerprint density at radius 3 is 2.43 bits per heavy atom. The van der Waals surface area contributed by atoms with Crippen LogP contribution in [-0.2, 0) is 0 Å². The fraction of sp³-hybridized carbons (Fsp3) is 0.800. The van der Waals surface area contributed by atoms with Gasteiger partial charge in [-0.1, -0.05) is 13.8 Å². The Morgan fingerprint density at radius 1 is 1.71 bits per heavy atom. The standard InChI is InChI=1S/C5H11N2/c1-5(2)3-4-7-6/h4-6H,3H2,1-2H3. The average molecular weight is 99.2 g/mol. The van der Waals surface area contributed by atoms with Crippen LogP contribution in [0.1, 0.15) is 20.3 Å². The number of hydrogen-bond donors (Lipinski definition) is 0. The van der Waals surface area contributed by atoms with Gasteiger partial charge in [-0.05, 0) is 12.3 Å². The van der Waals surface area contributed by atoms with Crippen molar-refractivity contribution in [3.63, 3.8) is 0 Å². The van der Waals surface area contributed by atoms with Crippen LogP contribution < -0.4 is 5.84 Å². The third-order valence-corrected chi connectivity index (χ3v) is 0.668. The summed E-state index contributed by atoms with van der Waals surface area (Å²) in [6, 6.07) is 0. The van der Waals surface area contributed by atoms with Crippen LogP contribution in [-0.4, -0.2) is 6.21 Å². The van der Waals surface area contributed by atoms with E-state index in [0.29, 0.717) is 5.92 Å². The molecule has 0 saturated carbocycles. The molecule has 0 bridgehead atoms. The SMILES string of the molecule is CC(C)CC=N[NH]. The van der Waals surface area contributed by atoms with Gasteiger partial charge in [-0.3, -0.25) is 0 Å². The fourth-order valence-corrected chi connectivity index (χ4v) is 0.264. The maximum atomic E-state index is 6.37. The first-order valence-corrected chi connectivity index (χ1v) is 2.45. The molecular weight excluding hydrogens is 88.1 g/mol. The molecule has 0 aliphatic heterocycles. The lowest BCUT2D eigenvalue weighted by Crippen LogP contribution is -1.86. The van der Waals surface area contributed by atoms with Gasteiger partial charge in [0.25, 0.3) is 0 Å². The van der Waals surface area contributed by atoms with Gasteiger partial charge in [0.15, 0.2) is 0 Å². The van der Waals surface area contributed by atoms with Crippen molar-refractivity contribution in [2.75, 3.05) is 0 Å². The van der Waals surface area contributed by atoms with Gasteiger partial charge in [0.1, 0.15) is 0 Å². The average Bonchev–Trinajstić information content (AvgIpc) is 1.61. The van der Waals surface area contributed by atoms with E-state index in [1.165, 1.54) is 0 Å². The first-order valence-electron chi connectivity index (χ1n) is 2.45. The molecule has 0 saturated heterocycles. The van der Waals surface area contributed by atoms with Crippen LogP contribution in [0.3, 0.4) is 0 Å². The Morgan fingerprint density at radius 2 is 2.29 bits per heavy atom. The number of nitrogens with one attached hydrogen (secondary N) is 1. The van der Waals surface area contributed by atoms with Gasteiger partial charge in [-0.15, -0.1) is 0 Å². The summed E-state index contributed by atoms with van der Waals surface area (Å²) in [6.07, 6.45) is 2.54. The summed E-state index contributed by atoms with van der Waals surface area (Å²) in [5.41, 5.74) is 0. The van der Waals surface area contributed by atoms with Crippen molar-refractivity contribution in [2.24, 2.45) is 11.0 Å². The fourth-order valence-electron chi connectivity index (χ4n) is 0.264. The lowest BCUT2D eigenvalue weighted by atomic mass is 10.2. The molecule has 0 aromatic heterocycles. The molecule has 7 heavy (non-hydrogen) atoms. The summed E-state index contributed by atoms with van der Waals surface area (Å²) in [4.78, 5) is 0. The zero-order chi connectivity index (χ0) is 5.70. The van der Waals surface area contributed by atoms with Crippen LogP contribution in [0.5, 0.6) is 0 Å². The van der Waals surface area contributed by atoms with Gasteiger partial charge in [0.05, 0.1) is 0 Å². The van der Waals surface area contributed by atoms with E-state index in [2.05, 4.69) is 18.9 Å². The molecule has 0 spiro atoms. The summed E-state index contributed by atoms with van der Waals surface area (Å²) in [7, 11) is 0. The lowest BCUT2D eigenvalue weighted by molar-refractivity contribution is 0.689. The molecule has 0 aliphatic rings. The summed E-state index contributed by atoms with van der Waals surface area (Å²) in [5, 5.41) is 3.10. The van der Waals surface area contributed by atoms with Crippen LogP contribution in [0.4, 0.5) is 0 Å².